The fourth-order valence-corrected chi connectivity index (χ4v) is 1.09. The van der Waals surface area contributed by atoms with Crippen LogP contribution in [0.25, 0.3) is 11.0 Å². The maximum absolute atomic E-state index is 9.15. The lowest BCUT2D eigenvalue weighted by molar-refractivity contribution is 0.476. The average Bonchev–Trinajstić information content (AvgIpc) is 2.03. The zero-order chi connectivity index (χ0) is 8.55. The highest BCUT2D eigenvalue weighted by Crippen LogP contribution is 2.15. The van der Waals surface area contributed by atoms with Gasteiger partial charge in [0.2, 0.25) is 0 Å². The fourth-order valence-electron chi connectivity index (χ4n) is 1.09. The minimum atomic E-state index is 0.224. The highest BCUT2D eigenvalue weighted by atomic mass is 16.3. The molecule has 0 aliphatic rings. The third-order valence-electron chi connectivity index (χ3n) is 1.65. The number of hydrogen-bond donors (Lipinski definition) is 1. The Kier molecular flexibility index (Phi) is 1.43. The van der Waals surface area contributed by atoms with Crippen molar-refractivity contribution in [1.82, 2.24) is 9.97 Å². The molecule has 0 saturated heterocycles. The molecule has 0 aliphatic carbocycles. The van der Waals surface area contributed by atoms with Crippen molar-refractivity contribution in [2.24, 2.45) is 0 Å². The Balaban J connectivity index is 2.80. The van der Waals surface area contributed by atoms with Crippen molar-refractivity contribution in [2.45, 2.75) is 6.92 Å². The quantitative estimate of drug-likeness (QED) is 0.637. The van der Waals surface area contributed by atoms with E-state index in [-0.39, 0.29) is 5.75 Å². The van der Waals surface area contributed by atoms with Crippen LogP contribution in [0.4, 0.5) is 0 Å². The molecule has 2 rings (SSSR count). The van der Waals surface area contributed by atoms with Gasteiger partial charge in [-0.3, -0.25) is 4.98 Å². The van der Waals surface area contributed by atoms with Crippen molar-refractivity contribution in [1.29, 1.82) is 0 Å². The second-order valence-corrected chi connectivity index (χ2v) is 2.68. The van der Waals surface area contributed by atoms with E-state index >= 15 is 0 Å². The number of aromatic nitrogens is 2. The summed E-state index contributed by atoms with van der Waals surface area (Å²) in [6.07, 6.45) is 1.71. The Labute approximate surface area is 69.7 Å². The molecule has 60 valence electrons. The smallest absolute Gasteiger partial charge is 0.117 e. The molecule has 0 unspecified atom stereocenters. The number of aromatic hydroxyl groups is 1. The summed E-state index contributed by atoms with van der Waals surface area (Å²) in [7, 11) is 0. The minimum absolute atomic E-state index is 0.224. The molecule has 0 amide bonds. The van der Waals surface area contributed by atoms with Crippen LogP contribution in [0.3, 0.4) is 0 Å². The van der Waals surface area contributed by atoms with Crippen molar-refractivity contribution in [3.05, 3.63) is 30.1 Å². The van der Waals surface area contributed by atoms with Crippen molar-refractivity contribution in [2.75, 3.05) is 0 Å². The summed E-state index contributed by atoms with van der Waals surface area (Å²) in [5.41, 5.74) is 2.39. The summed E-state index contributed by atoms with van der Waals surface area (Å²) >= 11 is 0. The summed E-state index contributed by atoms with van der Waals surface area (Å²) in [4.78, 5) is 8.36. The van der Waals surface area contributed by atoms with Crippen molar-refractivity contribution < 1.29 is 5.11 Å². The fraction of sp³-hybridized carbons (Fsp3) is 0.111. The lowest BCUT2D eigenvalue weighted by Gasteiger charge is -1.97. The van der Waals surface area contributed by atoms with Gasteiger partial charge in [0.25, 0.3) is 0 Å². The van der Waals surface area contributed by atoms with E-state index in [1.165, 1.54) is 0 Å². The molecule has 12 heavy (non-hydrogen) atoms. The van der Waals surface area contributed by atoms with Gasteiger partial charge in [0.15, 0.2) is 0 Å². The van der Waals surface area contributed by atoms with E-state index in [1.807, 2.05) is 6.92 Å². The molecule has 1 aromatic heterocycles. The Hall–Kier alpha value is -1.64. The van der Waals surface area contributed by atoms with Gasteiger partial charge in [-0.05, 0) is 19.1 Å². The van der Waals surface area contributed by atoms with Crippen LogP contribution >= 0.6 is 0 Å². The first-order valence-electron chi connectivity index (χ1n) is 3.68. The Bertz CT molecular complexity index is 389. The predicted octanol–water partition coefficient (Wildman–Crippen LogP) is 1.64. The highest BCUT2D eigenvalue weighted by molar-refractivity contribution is 5.75. The van der Waals surface area contributed by atoms with E-state index in [9.17, 15) is 0 Å². The number of hydrogen-bond acceptors (Lipinski definition) is 3. The summed E-state index contributed by atoms with van der Waals surface area (Å²) < 4.78 is 0. The zero-order valence-corrected chi connectivity index (χ0v) is 6.65. The van der Waals surface area contributed by atoms with Gasteiger partial charge in [-0.15, -0.1) is 0 Å². The summed E-state index contributed by atoms with van der Waals surface area (Å²) in [6.45, 7) is 1.87. The van der Waals surface area contributed by atoms with Crippen molar-refractivity contribution in [3.8, 4) is 5.75 Å². The summed E-state index contributed by atoms with van der Waals surface area (Å²) in [5.74, 6) is 0.224. The molecule has 1 heterocycles. The molecule has 2 aromatic rings. The molecule has 1 aromatic carbocycles. The molecule has 0 radical (unpaired) electrons. The van der Waals surface area contributed by atoms with Crippen LogP contribution in [0.2, 0.25) is 0 Å². The molecule has 0 spiro atoms. The third-order valence-corrected chi connectivity index (χ3v) is 1.65. The number of phenols is 1. The highest BCUT2D eigenvalue weighted by Gasteiger charge is 1.96. The number of nitrogens with zero attached hydrogens (tertiary/aromatic N) is 2. The molecular weight excluding hydrogens is 152 g/mol. The lowest BCUT2D eigenvalue weighted by Crippen LogP contribution is -1.85. The monoisotopic (exact) mass is 160 g/mol. The second-order valence-electron chi connectivity index (χ2n) is 2.68. The van der Waals surface area contributed by atoms with E-state index in [0.29, 0.717) is 0 Å². The summed E-state index contributed by atoms with van der Waals surface area (Å²) in [5, 5.41) is 9.15. The van der Waals surface area contributed by atoms with Gasteiger partial charge in [-0.25, -0.2) is 4.98 Å². The van der Waals surface area contributed by atoms with E-state index in [2.05, 4.69) is 9.97 Å². The van der Waals surface area contributed by atoms with E-state index in [4.69, 9.17) is 5.11 Å². The molecule has 0 aliphatic heterocycles. The molecule has 0 saturated carbocycles. The van der Waals surface area contributed by atoms with E-state index in [1.54, 1.807) is 24.4 Å². The van der Waals surface area contributed by atoms with E-state index in [0.717, 1.165) is 16.7 Å². The van der Waals surface area contributed by atoms with Crippen LogP contribution in [0.5, 0.6) is 5.75 Å². The summed E-state index contributed by atoms with van der Waals surface area (Å²) in [6, 6.07) is 4.96. The maximum Gasteiger partial charge on any atom is 0.117 e. The number of benzene rings is 1. The van der Waals surface area contributed by atoms with Crippen LogP contribution in [0, 0.1) is 6.92 Å². The normalized spacial score (nSPS) is 10.4. The minimum Gasteiger partial charge on any atom is -0.508 e. The molecule has 0 atom stereocenters. The van der Waals surface area contributed by atoms with Crippen molar-refractivity contribution >= 4 is 11.0 Å². The predicted molar refractivity (Wildman–Crippen MR) is 45.9 cm³/mol. The van der Waals surface area contributed by atoms with Crippen LogP contribution in [0.1, 0.15) is 5.69 Å². The topological polar surface area (TPSA) is 46.0 Å². The SMILES string of the molecule is Cc1cnc2ccc(O)cc2n1. The third kappa shape index (κ3) is 1.09. The molecule has 1 N–H and O–H groups in total. The van der Waals surface area contributed by atoms with Crippen LogP contribution < -0.4 is 0 Å². The molecule has 3 heteroatoms. The number of phenolic OH excluding ortho intramolecular Hbond substituents is 1. The Morgan fingerprint density at radius 3 is 2.92 bits per heavy atom. The average molecular weight is 160 g/mol. The lowest BCUT2D eigenvalue weighted by atomic mass is 10.3. The number of fused-ring (bicyclic) bond motifs is 1. The number of rotatable bonds is 0. The Morgan fingerprint density at radius 2 is 2.08 bits per heavy atom. The van der Waals surface area contributed by atoms with Gasteiger partial charge in [-0.1, -0.05) is 0 Å². The van der Waals surface area contributed by atoms with Gasteiger partial charge in [0.1, 0.15) is 5.75 Å². The van der Waals surface area contributed by atoms with Crippen molar-refractivity contribution in [3.63, 3.8) is 0 Å². The maximum atomic E-state index is 9.15. The molecule has 0 fully saturated rings. The first kappa shape index (κ1) is 7.03. The van der Waals surface area contributed by atoms with Gasteiger partial charge in [0.05, 0.1) is 16.7 Å². The van der Waals surface area contributed by atoms with Crippen LogP contribution in [-0.4, -0.2) is 15.1 Å². The van der Waals surface area contributed by atoms with Gasteiger partial charge in [0, 0.05) is 12.3 Å². The first-order chi connectivity index (χ1) is 5.75. The number of aryl methyl sites for hydroxylation is 1. The van der Waals surface area contributed by atoms with Crippen LogP contribution in [-0.2, 0) is 0 Å². The van der Waals surface area contributed by atoms with Crippen LogP contribution in [0.15, 0.2) is 24.4 Å². The van der Waals surface area contributed by atoms with Gasteiger partial charge >= 0.3 is 0 Å². The van der Waals surface area contributed by atoms with E-state index < -0.39 is 0 Å². The largest absolute Gasteiger partial charge is 0.508 e. The molecular formula is C9H8N2O. The zero-order valence-electron chi connectivity index (χ0n) is 6.65. The first-order valence-corrected chi connectivity index (χ1v) is 3.68. The molecule has 0 bridgehead atoms. The van der Waals surface area contributed by atoms with Gasteiger partial charge in [-0.2, -0.15) is 0 Å². The standard InChI is InChI=1S/C9H8N2O/c1-6-5-10-8-3-2-7(12)4-9(8)11-6/h2-5,12H,1H3. The Morgan fingerprint density at radius 1 is 1.25 bits per heavy atom. The molecule has 3 nitrogen and oxygen atoms in total. The second kappa shape index (κ2) is 2.44. The van der Waals surface area contributed by atoms with Gasteiger partial charge < -0.3 is 5.11 Å².